The molecule has 174 valence electrons. The summed E-state index contributed by atoms with van der Waals surface area (Å²) in [7, 11) is 3.53. The quantitative estimate of drug-likeness (QED) is 0.316. The number of likely N-dealkylation sites (tertiary alicyclic amines) is 1. The zero-order valence-electron chi connectivity index (χ0n) is 19.4. The largest absolute Gasteiger partial charge is 0.354 e. The first kappa shape index (κ1) is 26.1. The van der Waals surface area contributed by atoms with Crippen LogP contribution in [0.3, 0.4) is 0 Å². The molecule has 1 heterocycles. The van der Waals surface area contributed by atoms with Crippen LogP contribution in [0.5, 0.6) is 0 Å². The first-order chi connectivity index (χ1) is 15.0. The number of guanidine groups is 1. The molecule has 3 rings (SSSR count). The number of benzene rings is 2. The molecule has 2 N–H and O–H groups in total. The summed E-state index contributed by atoms with van der Waals surface area (Å²) in [6, 6.07) is 19.4. The van der Waals surface area contributed by atoms with E-state index in [1.54, 1.807) is 19.0 Å². The van der Waals surface area contributed by atoms with E-state index >= 15 is 0 Å². The van der Waals surface area contributed by atoms with Crippen molar-refractivity contribution in [1.29, 1.82) is 0 Å². The Morgan fingerprint density at radius 1 is 1.06 bits per heavy atom. The summed E-state index contributed by atoms with van der Waals surface area (Å²) in [5, 5.41) is 6.78. The van der Waals surface area contributed by atoms with E-state index in [1.807, 2.05) is 0 Å². The molecule has 1 saturated heterocycles. The monoisotopic (exact) mass is 549 g/mol. The third-order valence-electron chi connectivity index (χ3n) is 5.59. The van der Waals surface area contributed by atoms with E-state index in [-0.39, 0.29) is 36.4 Å². The fourth-order valence-corrected chi connectivity index (χ4v) is 3.72. The van der Waals surface area contributed by atoms with Crippen LogP contribution in [0.15, 0.2) is 59.6 Å². The number of likely N-dealkylation sites (N-methyl/N-ethyl adjacent to an activating group) is 1. The summed E-state index contributed by atoms with van der Waals surface area (Å²) < 4.78 is 0. The number of nitrogens with one attached hydrogen (secondary N) is 2. The second kappa shape index (κ2) is 13.4. The first-order valence-electron chi connectivity index (χ1n) is 11.1. The molecule has 0 unspecified atom stereocenters. The Morgan fingerprint density at radius 2 is 1.75 bits per heavy atom. The Hall–Kier alpha value is -2.13. The van der Waals surface area contributed by atoms with Gasteiger partial charge in [0.2, 0.25) is 5.91 Å². The highest BCUT2D eigenvalue weighted by Crippen LogP contribution is 2.14. The number of carbonyl (C=O) groups is 1. The number of aryl methyl sites for hydroxylation is 1. The number of amides is 1. The molecule has 0 saturated carbocycles. The molecule has 0 atom stereocenters. The van der Waals surface area contributed by atoms with Crippen molar-refractivity contribution in [3.05, 3.63) is 71.3 Å². The number of aliphatic imine (C=N–C) groups is 1. The molecule has 0 bridgehead atoms. The standard InChI is InChI=1S/C25H35N5O.HI/c1-20-8-7-11-22(16-20)17-26-25(27-18-24(31)29(2)3)28-23-12-14-30(15-13-23)19-21-9-5-4-6-10-21;/h4-11,16,23H,12-15,17-19H2,1-3H3,(H2,26,27,28);1H. The van der Waals surface area contributed by atoms with E-state index in [9.17, 15) is 4.79 Å². The lowest BCUT2D eigenvalue weighted by Gasteiger charge is -2.33. The highest BCUT2D eigenvalue weighted by molar-refractivity contribution is 14.0. The highest BCUT2D eigenvalue weighted by Gasteiger charge is 2.20. The second-order valence-corrected chi connectivity index (χ2v) is 8.48. The van der Waals surface area contributed by atoms with Gasteiger partial charge in [-0.1, -0.05) is 60.2 Å². The van der Waals surface area contributed by atoms with Crippen molar-refractivity contribution in [1.82, 2.24) is 20.4 Å². The molecular formula is C25H36IN5O. The average molecular weight is 550 g/mol. The van der Waals surface area contributed by atoms with Crippen LogP contribution in [-0.2, 0) is 17.9 Å². The molecule has 6 nitrogen and oxygen atoms in total. The Balaban J connectivity index is 0.00000363. The lowest BCUT2D eigenvalue weighted by Crippen LogP contribution is -2.50. The van der Waals surface area contributed by atoms with E-state index in [2.05, 4.69) is 77.1 Å². The third kappa shape index (κ3) is 8.78. The van der Waals surface area contributed by atoms with Gasteiger partial charge in [-0.05, 0) is 30.9 Å². The maximum atomic E-state index is 12.0. The second-order valence-electron chi connectivity index (χ2n) is 8.48. The van der Waals surface area contributed by atoms with Gasteiger partial charge in [-0.25, -0.2) is 4.99 Å². The Labute approximate surface area is 209 Å². The van der Waals surface area contributed by atoms with Crippen molar-refractivity contribution in [3.8, 4) is 0 Å². The van der Waals surface area contributed by atoms with Crippen LogP contribution in [0, 0.1) is 6.92 Å². The van der Waals surface area contributed by atoms with Gasteiger partial charge >= 0.3 is 0 Å². The summed E-state index contributed by atoms with van der Waals surface area (Å²) in [5.74, 6) is 0.737. The van der Waals surface area contributed by atoms with Gasteiger partial charge < -0.3 is 15.5 Å². The molecule has 0 aromatic heterocycles. The van der Waals surface area contributed by atoms with Gasteiger partial charge in [0, 0.05) is 39.8 Å². The topological polar surface area (TPSA) is 60.0 Å². The molecule has 1 aliphatic heterocycles. The summed E-state index contributed by atoms with van der Waals surface area (Å²) in [6.07, 6.45) is 2.11. The zero-order valence-corrected chi connectivity index (χ0v) is 21.7. The molecule has 1 amide bonds. The fraction of sp³-hybridized carbons (Fsp3) is 0.440. The molecule has 32 heavy (non-hydrogen) atoms. The summed E-state index contributed by atoms with van der Waals surface area (Å²) in [4.78, 5) is 20.9. The van der Waals surface area contributed by atoms with E-state index in [4.69, 9.17) is 4.99 Å². The van der Waals surface area contributed by atoms with Crippen LogP contribution in [-0.4, -0.2) is 61.4 Å². The average Bonchev–Trinajstić information content (AvgIpc) is 2.77. The molecular weight excluding hydrogens is 513 g/mol. The molecule has 0 aliphatic carbocycles. The van der Waals surface area contributed by atoms with Crippen molar-refractivity contribution < 1.29 is 4.79 Å². The van der Waals surface area contributed by atoms with Crippen molar-refractivity contribution >= 4 is 35.8 Å². The number of hydrogen-bond donors (Lipinski definition) is 2. The SMILES string of the molecule is Cc1cccc(CN=C(NCC(=O)N(C)C)NC2CCN(Cc3ccccc3)CC2)c1.I. The minimum Gasteiger partial charge on any atom is -0.354 e. The molecule has 1 fully saturated rings. The van der Waals surface area contributed by atoms with Crippen molar-refractivity contribution in [2.75, 3.05) is 33.7 Å². The smallest absolute Gasteiger partial charge is 0.241 e. The van der Waals surface area contributed by atoms with Crippen molar-refractivity contribution in [3.63, 3.8) is 0 Å². The maximum absolute atomic E-state index is 12.0. The van der Waals surface area contributed by atoms with Crippen LogP contribution < -0.4 is 10.6 Å². The van der Waals surface area contributed by atoms with E-state index in [1.165, 1.54) is 11.1 Å². The van der Waals surface area contributed by atoms with Gasteiger partial charge in [-0.2, -0.15) is 0 Å². The lowest BCUT2D eigenvalue weighted by atomic mass is 10.0. The van der Waals surface area contributed by atoms with Crippen molar-refractivity contribution in [2.24, 2.45) is 4.99 Å². The zero-order chi connectivity index (χ0) is 22.1. The fourth-order valence-electron chi connectivity index (χ4n) is 3.72. The Bertz CT molecular complexity index is 864. The summed E-state index contributed by atoms with van der Waals surface area (Å²) in [6.45, 7) is 6.00. The van der Waals surface area contributed by atoms with Gasteiger partial charge in [0.1, 0.15) is 0 Å². The van der Waals surface area contributed by atoms with Gasteiger partial charge in [0.15, 0.2) is 5.96 Å². The predicted octanol–water partition coefficient (Wildman–Crippen LogP) is 3.40. The van der Waals surface area contributed by atoms with Crippen LogP contribution in [0.25, 0.3) is 0 Å². The van der Waals surface area contributed by atoms with Crippen LogP contribution in [0.2, 0.25) is 0 Å². The van der Waals surface area contributed by atoms with Gasteiger partial charge in [0.25, 0.3) is 0 Å². The lowest BCUT2D eigenvalue weighted by molar-refractivity contribution is -0.127. The number of nitrogens with zero attached hydrogens (tertiary/aromatic N) is 3. The summed E-state index contributed by atoms with van der Waals surface area (Å²) in [5.41, 5.74) is 3.75. The van der Waals surface area contributed by atoms with Gasteiger partial charge in [-0.3, -0.25) is 9.69 Å². The maximum Gasteiger partial charge on any atom is 0.241 e. The molecule has 2 aromatic rings. The predicted molar refractivity (Wildman–Crippen MR) is 142 cm³/mol. The van der Waals surface area contributed by atoms with Crippen LogP contribution >= 0.6 is 24.0 Å². The molecule has 0 radical (unpaired) electrons. The Morgan fingerprint density at radius 3 is 2.41 bits per heavy atom. The third-order valence-corrected chi connectivity index (χ3v) is 5.59. The van der Waals surface area contributed by atoms with E-state index in [0.717, 1.165) is 38.0 Å². The van der Waals surface area contributed by atoms with Crippen LogP contribution in [0.4, 0.5) is 0 Å². The number of rotatable bonds is 7. The Kier molecular flexibility index (Phi) is 11.0. The van der Waals surface area contributed by atoms with Crippen LogP contribution in [0.1, 0.15) is 29.5 Å². The number of piperidine rings is 1. The van der Waals surface area contributed by atoms with E-state index < -0.39 is 0 Å². The highest BCUT2D eigenvalue weighted by atomic mass is 127. The normalized spacial score (nSPS) is 15.0. The molecule has 0 spiro atoms. The van der Waals surface area contributed by atoms with Gasteiger partial charge in [-0.15, -0.1) is 24.0 Å². The first-order valence-corrected chi connectivity index (χ1v) is 11.1. The molecule has 1 aliphatic rings. The minimum atomic E-state index is 0. The molecule has 2 aromatic carbocycles. The number of carbonyl (C=O) groups excluding carboxylic acids is 1. The number of hydrogen-bond acceptors (Lipinski definition) is 3. The molecule has 7 heteroatoms. The summed E-state index contributed by atoms with van der Waals surface area (Å²) >= 11 is 0. The van der Waals surface area contributed by atoms with Crippen molar-refractivity contribution in [2.45, 2.75) is 38.9 Å². The van der Waals surface area contributed by atoms with E-state index in [0.29, 0.717) is 18.5 Å². The minimum absolute atomic E-state index is 0. The number of halogens is 1. The van der Waals surface area contributed by atoms with Gasteiger partial charge in [0.05, 0.1) is 13.1 Å².